The van der Waals surface area contributed by atoms with Crippen LogP contribution in [0.4, 0.5) is 0 Å². The molecule has 0 amide bonds. The number of benzene rings is 6. The van der Waals surface area contributed by atoms with Crippen LogP contribution in [0.25, 0.3) is 55.8 Å². The number of rotatable bonds is 4. The summed E-state index contributed by atoms with van der Waals surface area (Å²) in [5, 5.41) is 1.06. The molecule has 3 nitrogen and oxygen atoms in total. The van der Waals surface area contributed by atoms with Crippen LogP contribution in [0.3, 0.4) is 0 Å². The Bertz CT molecular complexity index is 2250. The fourth-order valence-corrected chi connectivity index (χ4v) is 7.79. The van der Waals surface area contributed by atoms with E-state index < -0.39 is 0 Å². The lowest BCUT2D eigenvalue weighted by Crippen LogP contribution is -2.33. The first-order valence-corrected chi connectivity index (χ1v) is 16.7. The number of hydrogen-bond donors (Lipinski definition) is 0. The van der Waals surface area contributed by atoms with Crippen molar-refractivity contribution in [2.45, 2.75) is 37.5 Å². The normalized spacial score (nSPS) is 14.7. The number of para-hydroxylation sites is 2. The Labute approximate surface area is 275 Å². The molecule has 0 unspecified atom stereocenters. The predicted molar refractivity (Wildman–Crippen MR) is 192 cm³/mol. The van der Waals surface area contributed by atoms with Gasteiger partial charge in [0.25, 0.3) is 0 Å². The van der Waals surface area contributed by atoms with Crippen LogP contribution < -0.4 is 4.74 Å². The molecule has 3 heteroatoms. The van der Waals surface area contributed by atoms with Crippen LogP contribution in [0.2, 0.25) is 0 Å². The van der Waals surface area contributed by atoms with Crippen molar-refractivity contribution in [3.63, 3.8) is 0 Å². The van der Waals surface area contributed by atoms with Gasteiger partial charge in [0.05, 0.1) is 11.2 Å². The number of nitrogens with zero attached hydrogens (tertiary/aromatic N) is 2. The highest BCUT2D eigenvalue weighted by Gasteiger charge is 2.42. The summed E-state index contributed by atoms with van der Waals surface area (Å²) in [4.78, 5) is 10.0. The van der Waals surface area contributed by atoms with Gasteiger partial charge in [-0.15, -0.1) is 0 Å². The monoisotopic (exact) mass is 606 g/mol. The summed E-state index contributed by atoms with van der Waals surface area (Å²) < 4.78 is 6.48. The number of ether oxygens (including phenoxy) is 1. The maximum Gasteiger partial charge on any atom is 0.160 e. The molecule has 2 heterocycles. The molecule has 1 aliphatic carbocycles. The van der Waals surface area contributed by atoms with E-state index >= 15 is 0 Å². The zero-order valence-electron chi connectivity index (χ0n) is 26.2. The Morgan fingerprint density at radius 3 is 1.94 bits per heavy atom. The van der Waals surface area contributed by atoms with Crippen molar-refractivity contribution in [1.29, 1.82) is 0 Å². The van der Waals surface area contributed by atoms with E-state index in [-0.39, 0.29) is 5.41 Å². The second-order valence-electron chi connectivity index (χ2n) is 12.9. The third-order valence-corrected chi connectivity index (χ3v) is 10.1. The molecule has 7 aromatic rings. The Balaban J connectivity index is 1.06. The highest BCUT2D eigenvalue weighted by Crippen LogP contribution is 2.55. The van der Waals surface area contributed by atoms with Crippen LogP contribution >= 0.6 is 0 Å². The number of hydrogen-bond acceptors (Lipinski definition) is 3. The average molecular weight is 607 g/mol. The van der Waals surface area contributed by atoms with Crippen LogP contribution in [0.1, 0.15) is 43.2 Å². The van der Waals surface area contributed by atoms with Crippen molar-refractivity contribution in [3.8, 4) is 56.4 Å². The summed E-state index contributed by atoms with van der Waals surface area (Å²) in [5.74, 6) is 2.76. The Morgan fingerprint density at radius 1 is 0.447 bits per heavy atom. The zero-order chi connectivity index (χ0) is 31.2. The summed E-state index contributed by atoms with van der Waals surface area (Å²) in [6.07, 6.45) is 6.15. The van der Waals surface area contributed by atoms with Crippen LogP contribution in [0.5, 0.6) is 11.5 Å². The zero-order valence-corrected chi connectivity index (χ0v) is 26.2. The molecule has 47 heavy (non-hydrogen) atoms. The number of fused-ring (bicyclic) bond motifs is 5. The van der Waals surface area contributed by atoms with Crippen LogP contribution in [0, 0.1) is 0 Å². The summed E-state index contributed by atoms with van der Waals surface area (Å²) in [5.41, 5.74) is 11.5. The first-order chi connectivity index (χ1) is 23.2. The minimum atomic E-state index is 0.0249. The molecule has 2 aliphatic rings. The standard InChI is InChI=1S/C44H34N2O/c1-3-12-31(13-4-1)42-36-16-5-7-18-39(36)45-43(46-42)32-22-20-30(21-23-32)33-14-11-15-34(28-33)35-24-25-41-38(29-35)44(26-9-2-10-27-44)37-17-6-8-19-40(37)47-41/h1,3-8,11-25,28-29H,2,9-10,26-27H2. The average Bonchev–Trinajstić information content (AvgIpc) is 3.15. The molecule has 1 spiro atoms. The van der Waals surface area contributed by atoms with Gasteiger partial charge in [-0.2, -0.15) is 0 Å². The minimum absolute atomic E-state index is 0.0249. The lowest BCUT2D eigenvalue weighted by Gasteiger charge is -2.43. The molecule has 1 saturated carbocycles. The molecular weight excluding hydrogens is 572 g/mol. The maximum absolute atomic E-state index is 6.48. The molecule has 1 aromatic heterocycles. The summed E-state index contributed by atoms with van der Waals surface area (Å²) in [7, 11) is 0. The van der Waals surface area contributed by atoms with E-state index in [0.29, 0.717) is 0 Å². The third kappa shape index (κ3) is 4.82. The van der Waals surface area contributed by atoms with Crippen molar-refractivity contribution in [3.05, 3.63) is 157 Å². The Morgan fingerprint density at radius 2 is 1.09 bits per heavy atom. The van der Waals surface area contributed by atoms with Crippen LogP contribution in [-0.2, 0) is 5.41 Å². The van der Waals surface area contributed by atoms with Gasteiger partial charge in [-0.05, 0) is 65.4 Å². The Kier molecular flexibility index (Phi) is 6.71. The fraction of sp³-hybridized carbons (Fsp3) is 0.136. The second-order valence-corrected chi connectivity index (χ2v) is 12.9. The number of aromatic nitrogens is 2. The lowest BCUT2D eigenvalue weighted by molar-refractivity contribution is 0.306. The first-order valence-electron chi connectivity index (χ1n) is 16.7. The minimum Gasteiger partial charge on any atom is -0.457 e. The quantitative estimate of drug-likeness (QED) is 0.200. The molecule has 1 fully saturated rings. The SMILES string of the molecule is c1ccc(-c2nc(-c3ccc(-c4cccc(-c5ccc6c(c5)C5(CCCCC5)c5ccccc5O6)c4)cc3)nc3ccccc23)cc1. The maximum atomic E-state index is 6.48. The van der Waals surface area contributed by atoms with Crippen LogP contribution in [0.15, 0.2) is 146 Å². The van der Waals surface area contributed by atoms with E-state index in [1.807, 2.05) is 18.2 Å². The molecule has 226 valence electrons. The first kappa shape index (κ1) is 27.7. The van der Waals surface area contributed by atoms with E-state index in [4.69, 9.17) is 14.7 Å². The van der Waals surface area contributed by atoms with Crippen molar-refractivity contribution in [2.24, 2.45) is 0 Å². The van der Waals surface area contributed by atoms with Gasteiger partial charge >= 0.3 is 0 Å². The van der Waals surface area contributed by atoms with E-state index in [2.05, 4.69) is 127 Å². The smallest absolute Gasteiger partial charge is 0.160 e. The lowest BCUT2D eigenvalue weighted by atomic mass is 9.63. The van der Waals surface area contributed by atoms with Gasteiger partial charge in [0.1, 0.15) is 11.5 Å². The summed E-state index contributed by atoms with van der Waals surface area (Å²) >= 11 is 0. The summed E-state index contributed by atoms with van der Waals surface area (Å²) in [6.45, 7) is 0. The van der Waals surface area contributed by atoms with Gasteiger partial charge in [0, 0.05) is 33.1 Å². The largest absolute Gasteiger partial charge is 0.457 e. The van der Waals surface area contributed by atoms with Crippen molar-refractivity contribution in [1.82, 2.24) is 9.97 Å². The van der Waals surface area contributed by atoms with E-state index in [1.165, 1.54) is 65.5 Å². The molecule has 0 radical (unpaired) electrons. The van der Waals surface area contributed by atoms with E-state index in [9.17, 15) is 0 Å². The molecule has 9 rings (SSSR count). The van der Waals surface area contributed by atoms with Gasteiger partial charge in [-0.3, -0.25) is 0 Å². The van der Waals surface area contributed by atoms with Crippen LogP contribution in [-0.4, -0.2) is 9.97 Å². The third-order valence-electron chi connectivity index (χ3n) is 10.1. The fourth-order valence-electron chi connectivity index (χ4n) is 7.79. The second kappa shape index (κ2) is 11.4. The van der Waals surface area contributed by atoms with Crippen molar-refractivity contribution < 1.29 is 4.74 Å². The molecular formula is C44H34N2O. The van der Waals surface area contributed by atoms with Gasteiger partial charge in [-0.1, -0.05) is 135 Å². The predicted octanol–water partition coefficient (Wildman–Crippen LogP) is 11.7. The van der Waals surface area contributed by atoms with Gasteiger partial charge < -0.3 is 4.74 Å². The molecule has 0 atom stereocenters. The van der Waals surface area contributed by atoms with Gasteiger partial charge in [0.2, 0.25) is 0 Å². The highest BCUT2D eigenvalue weighted by atomic mass is 16.5. The highest BCUT2D eigenvalue weighted by molar-refractivity contribution is 5.93. The molecule has 0 N–H and O–H groups in total. The topological polar surface area (TPSA) is 35.0 Å². The van der Waals surface area contributed by atoms with Gasteiger partial charge in [-0.25, -0.2) is 9.97 Å². The molecule has 6 aromatic carbocycles. The van der Waals surface area contributed by atoms with Crippen molar-refractivity contribution >= 4 is 10.9 Å². The molecule has 0 saturated heterocycles. The van der Waals surface area contributed by atoms with E-state index in [1.54, 1.807) is 0 Å². The Hall–Kier alpha value is -5.54. The summed E-state index contributed by atoms with van der Waals surface area (Å²) in [6, 6.07) is 51.6. The van der Waals surface area contributed by atoms with Gasteiger partial charge in [0.15, 0.2) is 5.82 Å². The molecule has 1 aliphatic heterocycles. The van der Waals surface area contributed by atoms with E-state index in [0.717, 1.165) is 45.0 Å². The van der Waals surface area contributed by atoms with Crippen molar-refractivity contribution in [2.75, 3.05) is 0 Å². The molecule has 0 bridgehead atoms.